The Morgan fingerprint density at radius 1 is 0.721 bits per heavy atom. The molecule has 8 heteroatoms. The highest BCUT2D eigenvalue weighted by molar-refractivity contribution is 6.09. The second kappa shape index (κ2) is 11.3. The van der Waals surface area contributed by atoms with Crippen LogP contribution in [0.2, 0.25) is 0 Å². The molecule has 0 fully saturated rings. The predicted octanol–water partition coefficient (Wildman–Crippen LogP) is 8.99. The number of benzene rings is 4. The number of para-hydroxylation sites is 2. The number of carbonyl (C=O) groups excluding carboxylic acids is 2. The lowest BCUT2D eigenvalue weighted by atomic mass is 10.1. The van der Waals surface area contributed by atoms with Crippen LogP contribution in [0.4, 0.5) is 27.5 Å². The Labute approximate surface area is 248 Å². The van der Waals surface area contributed by atoms with Gasteiger partial charge >= 0.3 is 6.09 Å². The smallest absolute Gasteiger partial charge is 0.412 e. The monoisotopic (exact) mass is 570 g/mol. The first-order chi connectivity index (χ1) is 20.7. The Hall–Kier alpha value is -5.63. The Morgan fingerprint density at radius 3 is 2.26 bits per heavy atom. The Bertz CT molecular complexity index is 1960. The molecule has 0 saturated carbocycles. The van der Waals surface area contributed by atoms with Crippen LogP contribution in [0.15, 0.2) is 114 Å². The number of nitrogens with one attached hydrogen (secondary N) is 3. The molecule has 4 aromatic carbocycles. The van der Waals surface area contributed by atoms with Gasteiger partial charge in [0.2, 0.25) is 0 Å². The summed E-state index contributed by atoms with van der Waals surface area (Å²) < 4.78 is 11.5. The molecule has 0 aliphatic heterocycles. The third-order valence-corrected chi connectivity index (χ3v) is 6.64. The van der Waals surface area contributed by atoms with Crippen LogP contribution in [-0.2, 0) is 4.74 Å². The van der Waals surface area contributed by atoms with Gasteiger partial charge in [-0.2, -0.15) is 0 Å². The molecule has 0 spiro atoms. The first-order valence-electron chi connectivity index (χ1n) is 13.9. The first-order valence-corrected chi connectivity index (χ1v) is 13.9. The van der Waals surface area contributed by atoms with E-state index in [2.05, 4.69) is 33.1 Å². The van der Waals surface area contributed by atoms with E-state index in [1.54, 1.807) is 51.2 Å². The van der Waals surface area contributed by atoms with E-state index in [1.807, 2.05) is 66.7 Å². The number of pyridine rings is 1. The fourth-order valence-corrected chi connectivity index (χ4v) is 4.78. The van der Waals surface area contributed by atoms with Crippen molar-refractivity contribution in [1.29, 1.82) is 0 Å². The highest BCUT2D eigenvalue weighted by atomic mass is 16.6. The highest BCUT2D eigenvalue weighted by Gasteiger charge is 2.17. The molecule has 0 aliphatic carbocycles. The van der Waals surface area contributed by atoms with Crippen LogP contribution < -0.4 is 16.0 Å². The summed E-state index contributed by atoms with van der Waals surface area (Å²) >= 11 is 0. The molecule has 0 saturated heterocycles. The third kappa shape index (κ3) is 6.33. The number of rotatable bonds is 6. The SMILES string of the molecule is CC(C)(C)OC(=O)Nc1ccc(C(=O)Nc2cccc(Nc3ccnc(-c4cccc5c4oc4ccccc45)c3)c2)cc1. The Kier molecular flexibility index (Phi) is 7.26. The molecular formula is C35H30N4O4. The fraction of sp³-hybridized carbons (Fsp3) is 0.114. The zero-order chi connectivity index (χ0) is 30.0. The number of carbonyl (C=O) groups is 2. The third-order valence-electron chi connectivity index (χ3n) is 6.64. The van der Waals surface area contributed by atoms with Crippen molar-refractivity contribution in [3.8, 4) is 11.3 Å². The summed E-state index contributed by atoms with van der Waals surface area (Å²) in [5.41, 5.74) is 5.98. The van der Waals surface area contributed by atoms with Crippen molar-refractivity contribution in [2.45, 2.75) is 26.4 Å². The topological polar surface area (TPSA) is 105 Å². The summed E-state index contributed by atoms with van der Waals surface area (Å²) in [6.07, 6.45) is 1.20. The Balaban J connectivity index is 1.15. The van der Waals surface area contributed by atoms with Crippen molar-refractivity contribution < 1.29 is 18.7 Å². The molecule has 0 radical (unpaired) electrons. The lowest BCUT2D eigenvalue weighted by molar-refractivity contribution is 0.0635. The average Bonchev–Trinajstić information content (AvgIpc) is 3.36. The molecule has 6 rings (SSSR count). The zero-order valence-corrected chi connectivity index (χ0v) is 24.0. The van der Waals surface area contributed by atoms with Gasteiger partial charge in [0.15, 0.2) is 0 Å². The maximum atomic E-state index is 12.9. The van der Waals surface area contributed by atoms with Crippen LogP contribution in [0.25, 0.3) is 33.2 Å². The molecule has 2 aromatic heterocycles. The van der Waals surface area contributed by atoms with Crippen LogP contribution >= 0.6 is 0 Å². The lowest BCUT2D eigenvalue weighted by Gasteiger charge is -2.19. The lowest BCUT2D eigenvalue weighted by Crippen LogP contribution is -2.27. The van der Waals surface area contributed by atoms with Crippen LogP contribution in [-0.4, -0.2) is 22.6 Å². The average molecular weight is 571 g/mol. The molecule has 2 heterocycles. The van der Waals surface area contributed by atoms with E-state index in [0.29, 0.717) is 16.9 Å². The van der Waals surface area contributed by atoms with Crippen LogP contribution in [0, 0.1) is 0 Å². The number of nitrogens with zero attached hydrogens (tertiary/aromatic N) is 1. The number of aromatic nitrogens is 1. The van der Waals surface area contributed by atoms with Crippen molar-refractivity contribution in [1.82, 2.24) is 4.98 Å². The molecule has 6 aromatic rings. The molecule has 0 unspecified atom stereocenters. The van der Waals surface area contributed by atoms with E-state index in [9.17, 15) is 9.59 Å². The van der Waals surface area contributed by atoms with Crippen molar-refractivity contribution >= 4 is 56.7 Å². The fourth-order valence-electron chi connectivity index (χ4n) is 4.78. The van der Waals surface area contributed by atoms with Gasteiger partial charge in [-0.15, -0.1) is 0 Å². The zero-order valence-electron chi connectivity index (χ0n) is 24.0. The maximum Gasteiger partial charge on any atom is 0.412 e. The number of furan rings is 1. The number of hydrogen-bond acceptors (Lipinski definition) is 6. The number of fused-ring (bicyclic) bond motifs is 3. The first kappa shape index (κ1) is 27.5. The minimum Gasteiger partial charge on any atom is -0.455 e. The van der Waals surface area contributed by atoms with E-state index < -0.39 is 11.7 Å². The largest absolute Gasteiger partial charge is 0.455 e. The van der Waals surface area contributed by atoms with Gasteiger partial charge in [0.1, 0.15) is 16.8 Å². The second-order valence-electron chi connectivity index (χ2n) is 11.1. The predicted molar refractivity (Wildman–Crippen MR) is 171 cm³/mol. The van der Waals surface area contributed by atoms with Crippen LogP contribution in [0.3, 0.4) is 0 Å². The van der Waals surface area contributed by atoms with E-state index >= 15 is 0 Å². The normalized spacial score (nSPS) is 11.3. The van der Waals surface area contributed by atoms with Crippen LogP contribution in [0.5, 0.6) is 0 Å². The van der Waals surface area contributed by atoms with E-state index in [1.165, 1.54) is 0 Å². The van der Waals surface area contributed by atoms with Crippen molar-refractivity contribution in [3.05, 3.63) is 115 Å². The summed E-state index contributed by atoms with van der Waals surface area (Å²) in [6, 6.07) is 32.0. The van der Waals surface area contributed by atoms with Crippen molar-refractivity contribution in [3.63, 3.8) is 0 Å². The number of hydrogen-bond donors (Lipinski definition) is 3. The van der Waals surface area contributed by atoms with Gasteiger partial charge in [-0.25, -0.2) is 4.79 Å². The molecule has 43 heavy (non-hydrogen) atoms. The molecule has 0 atom stereocenters. The maximum absolute atomic E-state index is 12.9. The van der Waals surface area contributed by atoms with Crippen molar-refractivity contribution in [2.75, 3.05) is 16.0 Å². The number of anilines is 4. The number of ether oxygens (including phenoxy) is 1. The molecular weight excluding hydrogens is 540 g/mol. The summed E-state index contributed by atoms with van der Waals surface area (Å²) in [6.45, 7) is 5.38. The second-order valence-corrected chi connectivity index (χ2v) is 11.1. The molecule has 8 nitrogen and oxygen atoms in total. The van der Waals surface area contributed by atoms with Gasteiger partial charge in [0.05, 0.1) is 5.69 Å². The molecule has 0 aliphatic rings. The van der Waals surface area contributed by atoms with Gasteiger partial charge in [-0.3, -0.25) is 15.1 Å². The van der Waals surface area contributed by atoms with E-state index in [0.717, 1.165) is 44.6 Å². The summed E-state index contributed by atoms with van der Waals surface area (Å²) in [5.74, 6) is -0.272. The van der Waals surface area contributed by atoms with Gasteiger partial charge in [0.25, 0.3) is 5.91 Å². The summed E-state index contributed by atoms with van der Waals surface area (Å²) in [4.78, 5) is 29.5. The number of amides is 2. The van der Waals surface area contributed by atoms with E-state index in [-0.39, 0.29) is 5.91 Å². The van der Waals surface area contributed by atoms with E-state index in [4.69, 9.17) is 9.15 Å². The Morgan fingerprint density at radius 2 is 1.44 bits per heavy atom. The van der Waals surface area contributed by atoms with Gasteiger partial charge in [0, 0.05) is 50.8 Å². The quantitative estimate of drug-likeness (QED) is 0.185. The van der Waals surface area contributed by atoms with Gasteiger partial charge in [-0.1, -0.05) is 36.4 Å². The van der Waals surface area contributed by atoms with Gasteiger partial charge < -0.3 is 19.8 Å². The minimum atomic E-state index is -0.600. The van der Waals surface area contributed by atoms with Crippen molar-refractivity contribution in [2.24, 2.45) is 0 Å². The minimum absolute atomic E-state index is 0.272. The van der Waals surface area contributed by atoms with Gasteiger partial charge in [-0.05, 0) is 87.5 Å². The summed E-state index contributed by atoms with van der Waals surface area (Å²) in [5, 5.41) is 11.1. The molecule has 3 N–H and O–H groups in total. The summed E-state index contributed by atoms with van der Waals surface area (Å²) in [7, 11) is 0. The molecule has 214 valence electrons. The molecule has 2 amide bonds. The highest BCUT2D eigenvalue weighted by Crippen LogP contribution is 2.35. The molecule has 0 bridgehead atoms. The standard InChI is InChI=1S/C35H30N4O4/c1-35(2,3)43-34(41)39-23-16-14-22(15-17-23)33(40)38-25-9-6-8-24(20-25)37-26-18-19-36-30(21-26)29-12-7-11-28-27-10-4-5-13-31(27)42-32(28)29/h4-21H,1-3H3,(H,36,37)(H,38,40)(H,39,41). The van der Waals surface area contributed by atoms with Crippen LogP contribution in [0.1, 0.15) is 31.1 Å².